The lowest BCUT2D eigenvalue weighted by Crippen LogP contribution is -2.50. The Kier molecular flexibility index (Phi) is 5.43. The Bertz CT molecular complexity index is 433. The van der Waals surface area contributed by atoms with Gasteiger partial charge in [0.15, 0.2) is 6.23 Å². The molecule has 0 radical (unpaired) electrons. The molecular formula is C16H26N2O2. The van der Waals surface area contributed by atoms with E-state index in [4.69, 9.17) is 4.74 Å². The summed E-state index contributed by atoms with van der Waals surface area (Å²) >= 11 is 0. The molecule has 0 saturated heterocycles. The standard InChI is InChI=1S/C16H26N2O2/c1-11(2)13-7-9-14(10-8-13)20-12(3)17-15(19)18-16(4,5)6/h7-12H,1-6H3,(H2,17,18,19). The minimum Gasteiger partial charge on any atom is -0.471 e. The lowest BCUT2D eigenvalue weighted by atomic mass is 10.0. The zero-order chi connectivity index (χ0) is 15.3. The number of carbonyl (C=O) groups is 1. The number of ether oxygens (including phenoxy) is 1. The van der Waals surface area contributed by atoms with E-state index < -0.39 is 0 Å². The highest BCUT2D eigenvalue weighted by Gasteiger charge is 2.15. The van der Waals surface area contributed by atoms with Gasteiger partial charge in [0, 0.05) is 5.54 Å². The number of hydrogen-bond donors (Lipinski definition) is 2. The molecule has 0 aliphatic rings. The van der Waals surface area contributed by atoms with Crippen LogP contribution < -0.4 is 15.4 Å². The van der Waals surface area contributed by atoms with Crippen molar-refractivity contribution in [2.45, 2.75) is 59.2 Å². The molecule has 0 heterocycles. The second-order valence-electron chi connectivity index (χ2n) is 6.33. The van der Waals surface area contributed by atoms with Crippen LogP contribution in [0.25, 0.3) is 0 Å². The molecular weight excluding hydrogens is 252 g/mol. The number of carbonyl (C=O) groups excluding carboxylic acids is 1. The minimum atomic E-state index is -0.387. The first kappa shape index (κ1) is 16.3. The Hall–Kier alpha value is -1.71. The molecule has 1 aromatic rings. The van der Waals surface area contributed by atoms with Crippen LogP contribution in [0.3, 0.4) is 0 Å². The van der Waals surface area contributed by atoms with E-state index in [1.54, 1.807) is 6.92 Å². The Morgan fingerprint density at radius 3 is 2.10 bits per heavy atom. The molecule has 2 amide bonds. The summed E-state index contributed by atoms with van der Waals surface area (Å²) in [7, 11) is 0. The van der Waals surface area contributed by atoms with Gasteiger partial charge in [0.1, 0.15) is 5.75 Å². The van der Waals surface area contributed by atoms with Crippen LogP contribution in [0.2, 0.25) is 0 Å². The summed E-state index contributed by atoms with van der Waals surface area (Å²) in [5, 5.41) is 5.58. The largest absolute Gasteiger partial charge is 0.471 e. The lowest BCUT2D eigenvalue weighted by molar-refractivity contribution is 0.173. The van der Waals surface area contributed by atoms with Crippen LogP contribution in [0.15, 0.2) is 24.3 Å². The fourth-order valence-electron chi connectivity index (χ4n) is 1.73. The smallest absolute Gasteiger partial charge is 0.318 e. The van der Waals surface area contributed by atoms with Gasteiger partial charge in [-0.25, -0.2) is 4.79 Å². The lowest BCUT2D eigenvalue weighted by Gasteiger charge is -2.23. The highest BCUT2D eigenvalue weighted by atomic mass is 16.5. The van der Waals surface area contributed by atoms with Crippen LogP contribution in [0, 0.1) is 0 Å². The van der Waals surface area contributed by atoms with Crippen LogP contribution in [0.5, 0.6) is 5.75 Å². The summed E-state index contributed by atoms with van der Waals surface area (Å²) in [6.07, 6.45) is -0.387. The molecule has 1 atom stereocenters. The molecule has 0 saturated carbocycles. The molecule has 0 fully saturated rings. The van der Waals surface area contributed by atoms with Crippen molar-refractivity contribution in [1.29, 1.82) is 0 Å². The molecule has 112 valence electrons. The summed E-state index contributed by atoms with van der Waals surface area (Å²) in [6.45, 7) is 11.9. The Labute approximate surface area is 121 Å². The normalized spacial score (nSPS) is 12.9. The van der Waals surface area contributed by atoms with Crippen molar-refractivity contribution in [3.8, 4) is 5.75 Å². The Morgan fingerprint density at radius 2 is 1.65 bits per heavy atom. The highest BCUT2D eigenvalue weighted by molar-refractivity contribution is 5.74. The monoisotopic (exact) mass is 278 g/mol. The predicted octanol–water partition coefficient (Wildman–Crippen LogP) is 3.63. The van der Waals surface area contributed by atoms with Crippen LogP contribution in [-0.2, 0) is 0 Å². The van der Waals surface area contributed by atoms with E-state index in [-0.39, 0.29) is 17.8 Å². The number of hydrogen-bond acceptors (Lipinski definition) is 2. The van der Waals surface area contributed by atoms with Gasteiger partial charge >= 0.3 is 6.03 Å². The van der Waals surface area contributed by atoms with E-state index in [0.29, 0.717) is 5.92 Å². The molecule has 0 bridgehead atoms. The zero-order valence-corrected chi connectivity index (χ0v) is 13.3. The first-order valence-electron chi connectivity index (χ1n) is 7.02. The fourth-order valence-corrected chi connectivity index (χ4v) is 1.73. The molecule has 20 heavy (non-hydrogen) atoms. The third-order valence-corrected chi connectivity index (χ3v) is 2.68. The first-order chi connectivity index (χ1) is 9.17. The summed E-state index contributed by atoms with van der Waals surface area (Å²) in [6, 6.07) is 7.71. The van der Waals surface area contributed by atoms with Crippen LogP contribution >= 0.6 is 0 Å². The maximum Gasteiger partial charge on any atom is 0.318 e. The van der Waals surface area contributed by atoms with E-state index in [1.807, 2.05) is 45.0 Å². The van der Waals surface area contributed by atoms with Gasteiger partial charge in [-0.15, -0.1) is 0 Å². The highest BCUT2D eigenvalue weighted by Crippen LogP contribution is 2.19. The van der Waals surface area contributed by atoms with Crippen molar-refractivity contribution >= 4 is 6.03 Å². The Balaban J connectivity index is 2.50. The fraction of sp³-hybridized carbons (Fsp3) is 0.562. The van der Waals surface area contributed by atoms with Gasteiger partial charge in [-0.1, -0.05) is 26.0 Å². The summed E-state index contributed by atoms with van der Waals surface area (Å²) < 4.78 is 5.66. The van der Waals surface area contributed by atoms with E-state index >= 15 is 0 Å². The summed E-state index contributed by atoms with van der Waals surface area (Å²) in [5.74, 6) is 1.25. The topological polar surface area (TPSA) is 50.4 Å². The molecule has 0 aliphatic heterocycles. The van der Waals surface area contributed by atoms with E-state index in [2.05, 4.69) is 24.5 Å². The molecule has 1 rings (SSSR count). The second kappa shape index (κ2) is 6.64. The van der Waals surface area contributed by atoms with Gasteiger partial charge < -0.3 is 15.4 Å². The van der Waals surface area contributed by atoms with Crippen LogP contribution in [0.4, 0.5) is 4.79 Å². The third-order valence-electron chi connectivity index (χ3n) is 2.68. The maximum absolute atomic E-state index is 11.7. The van der Waals surface area contributed by atoms with E-state index in [1.165, 1.54) is 5.56 Å². The predicted molar refractivity (Wildman–Crippen MR) is 82.0 cm³/mol. The van der Waals surface area contributed by atoms with Crippen molar-refractivity contribution in [3.63, 3.8) is 0 Å². The molecule has 4 heteroatoms. The summed E-state index contributed by atoms with van der Waals surface area (Å²) in [4.78, 5) is 11.7. The number of rotatable bonds is 4. The average Bonchev–Trinajstić information content (AvgIpc) is 2.26. The molecule has 1 unspecified atom stereocenters. The van der Waals surface area contributed by atoms with Gasteiger partial charge in [0.2, 0.25) is 0 Å². The van der Waals surface area contributed by atoms with Crippen LogP contribution in [-0.4, -0.2) is 17.8 Å². The first-order valence-corrected chi connectivity index (χ1v) is 7.02. The molecule has 2 N–H and O–H groups in total. The molecule has 0 spiro atoms. The Morgan fingerprint density at radius 1 is 1.10 bits per heavy atom. The van der Waals surface area contributed by atoms with Gasteiger partial charge in [-0.3, -0.25) is 0 Å². The van der Waals surface area contributed by atoms with Crippen molar-refractivity contribution in [3.05, 3.63) is 29.8 Å². The van der Waals surface area contributed by atoms with Crippen molar-refractivity contribution < 1.29 is 9.53 Å². The number of amides is 2. The molecule has 0 aliphatic carbocycles. The quantitative estimate of drug-likeness (QED) is 0.826. The number of urea groups is 1. The van der Waals surface area contributed by atoms with Crippen molar-refractivity contribution in [2.24, 2.45) is 0 Å². The van der Waals surface area contributed by atoms with E-state index in [9.17, 15) is 4.79 Å². The van der Waals surface area contributed by atoms with E-state index in [0.717, 1.165) is 5.75 Å². The maximum atomic E-state index is 11.7. The van der Waals surface area contributed by atoms with Gasteiger partial charge in [-0.2, -0.15) is 0 Å². The average molecular weight is 278 g/mol. The molecule has 4 nitrogen and oxygen atoms in total. The number of benzene rings is 1. The van der Waals surface area contributed by atoms with Gasteiger partial charge in [0.25, 0.3) is 0 Å². The SMILES string of the molecule is CC(NC(=O)NC(C)(C)C)Oc1ccc(C(C)C)cc1. The van der Waals surface area contributed by atoms with Gasteiger partial charge in [-0.05, 0) is 51.3 Å². The minimum absolute atomic E-state index is 0.233. The van der Waals surface area contributed by atoms with Crippen molar-refractivity contribution in [2.75, 3.05) is 0 Å². The molecule has 0 aromatic heterocycles. The number of nitrogens with one attached hydrogen (secondary N) is 2. The third kappa shape index (κ3) is 5.95. The summed E-state index contributed by atoms with van der Waals surface area (Å²) in [5.41, 5.74) is 1.01. The molecule has 1 aromatic carbocycles. The zero-order valence-electron chi connectivity index (χ0n) is 13.3. The van der Waals surface area contributed by atoms with Crippen LogP contribution in [0.1, 0.15) is 53.0 Å². The van der Waals surface area contributed by atoms with Crippen molar-refractivity contribution in [1.82, 2.24) is 10.6 Å². The second-order valence-corrected chi connectivity index (χ2v) is 6.33. The van der Waals surface area contributed by atoms with Gasteiger partial charge in [0.05, 0.1) is 0 Å².